The van der Waals surface area contributed by atoms with Crippen LogP contribution in [0.5, 0.6) is 0 Å². The lowest BCUT2D eigenvalue weighted by molar-refractivity contribution is -0.152. The van der Waals surface area contributed by atoms with Crippen LogP contribution in [-0.2, 0) is 19.1 Å². The molecule has 1 aromatic carbocycles. The van der Waals surface area contributed by atoms with Crippen molar-refractivity contribution in [3.8, 4) is 0 Å². The van der Waals surface area contributed by atoms with E-state index in [1.54, 1.807) is 16.8 Å². The minimum absolute atomic E-state index is 0.159. The van der Waals surface area contributed by atoms with Crippen LogP contribution in [-0.4, -0.2) is 95.7 Å². The predicted molar refractivity (Wildman–Crippen MR) is 154 cm³/mol. The monoisotopic (exact) mass is 550 g/mol. The smallest absolute Gasteiger partial charge is 0.253 e. The van der Waals surface area contributed by atoms with Crippen LogP contribution in [0.15, 0.2) is 48.6 Å². The third kappa shape index (κ3) is 4.00. The Morgan fingerprint density at radius 1 is 0.950 bits per heavy atom. The van der Waals surface area contributed by atoms with Crippen LogP contribution >= 0.6 is 0 Å². The van der Waals surface area contributed by atoms with Crippen molar-refractivity contribution in [3.63, 3.8) is 0 Å². The predicted octanol–water partition coefficient (Wildman–Crippen LogP) is 2.60. The van der Waals surface area contributed by atoms with Crippen molar-refractivity contribution in [2.75, 3.05) is 49.6 Å². The number of likely N-dealkylation sites (N-methyl/N-ethyl adjacent to an activating group) is 1. The second kappa shape index (κ2) is 10.7. The number of rotatable bonds is 8. The number of aliphatic hydroxyl groups excluding tert-OH is 1. The van der Waals surface area contributed by atoms with Crippen molar-refractivity contribution in [3.05, 3.63) is 48.6 Å². The highest BCUT2D eigenvalue weighted by Gasteiger charge is 2.75. The van der Waals surface area contributed by atoms with Gasteiger partial charge in [-0.05, 0) is 51.0 Å². The Morgan fingerprint density at radius 2 is 1.62 bits per heavy atom. The van der Waals surface area contributed by atoms with Crippen LogP contribution in [0.25, 0.3) is 0 Å². The minimum Gasteiger partial charge on any atom is -0.394 e. The molecule has 1 spiro atoms. The van der Waals surface area contributed by atoms with Gasteiger partial charge in [0.25, 0.3) is 5.91 Å². The lowest BCUT2D eigenvalue weighted by atomic mass is 9.73. The summed E-state index contributed by atoms with van der Waals surface area (Å²) in [6.45, 7) is 10.3. The Bertz CT molecular complexity index is 1210. The van der Waals surface area contributed by atoms with Gasteiger partial charge in [0.05, 0.1) is 30.1 Å². The fourth-order valence-electron chi connectivity index (χ4n) is 7.29. The van der Waals surface area contributed by atoms with E-state index in [2.05, 4.69) is 18.7 Å². The van der Waals surface area contributed by atoms with Gasteiger partial charge in [-0.25, -0.2) is 0 Å². The number of ether oxygens (including phenoxy) is 1. The molecule has 0 aromatic heterocycles. The molecule has 1 aromatic rings. The van der Waals surface area contributed by atoms with Crippen LogP contribution in [0.4, 0.5) is 11.4 Å². The lowest BCUT2D eigenvalue weighted by Crippen LogP contribution is -2.59. The maximum Gasteiger partial charge on any atom is 0.253 e. The number of amides is 3. The van der Waals surface area contributed by atoms with E-state index in [4.69, 9.17) is 4.74 Å². The van der Waals surface area contributed by atoms with Crippen molar-refractivity contribution < 1.29 is 24.2 Å². The minimum atomic E-state index is -1.33. The van der Waals surface area contributed by atoms with E-state index in [1.807, 2.05) is 62.4 Å². The van der Waals surface area contributed by atoms with Gasteiger partial charge in [-0.3, -0.25) is 14.4 Å². The Hall–Kier alpha value is -3.17. The molecule has 4 aliphatic heterocycles. The summed E-state index contributed by atoms with van der Waals surface area (Å²) in [7, 11) is 1.73. The summed E-state index contributed by atoms with van der Waals surface area (Å²) >= 11 is 0. The first kappa shape index (κ1) is 28.4. The molecule has 6 atom stereocenters. The Labute approximate surface area is 237 Å². The van der Waals surface area contributed by atoms with Crippen molar-refractivity contribution >= 4 is 29.1 Å². The van der Waals surface area contributed by atoms with Crippen molar-refractivity contribution in [1.82, 2.24) is 9.80 Å². The number of carbonyl (C=O) groups is 3. The number of likely N-dealkylation sites (tertiary alicyclic amines) is 1. The van der Waals surface area contributed by atoms with Crippen LogP contribution in [0.2, 0.25) is 0 Å². The van der Waals surface area contributed by atoms with E-state index in [0.29, 0.717) is 25.9 Å². The summed E-state index contributed by atoms with van der Waals surface area (Å²) in [5.74, 6) is -2.37. The van der Waals surface area contributed by atoms with Gasteiger partial charge in [0, 0.05) is 44.6 Å². The molecule has 4 aliphatic rings. The third-order valence-corrected chi connectivity index (χ3v) is 9.44. The van der Waals surface area contributed by atoms with E-state index in [-0.39, 0.29) is 24.3 Å². The highest BCUT2D eigenvalue weighted by atomic mass is 16.5. The van der Waals surface area contributed by atoms with Crippen LogP contribution in [0.3, 0.4) is 0 Å². The van der Waals surface area contributed by atoms with Gasteiger partial charge in [-0.15, -0.1) is 0 Å². The molecular weight excluding hydrogens is 508 g/mol. The number of nitrogens with zero attached hydrogens (tertiary/aromatic N) is 4. The lowest BCUT2D eigenvalue weighted by Gasteiger charge is -2.40. The van der Waals surface area contributed by atoms with Gasteiger partial charge in [-0.1, -0.05) is 38.2 Å². The average molecular weight is 551 g/mol. The van der Waals surface area contributed by atoms with Crippen molar-refractivity contribution in [2.45, 2.75) is 63.8 Å². The molecule has 9 nitrogen and oxygen atoms in total. The first-order chi connectivity index (χ1) is 19.2. The zero-order valence-electron chi connectivity index (χ0n) is 24.2. The number of hydrogen-bond acceptors (Lipinski definition) is 6. The highest BCUT2D eigenvalue weighted by Crippen LogP contribution is 2.59. The second-order valence-electron chi connectivity index (χ2n) is 11.3. The van der Waals surface area contributed by atoms with Crippen molar-refractivity contribution in [2.24, 2.45) is 11.8 Å². The summed E-state index contributed by atoms with van der Waals surface area (Å²) in [6.07, 6.45) is 8.56. The molecule has 3 amide bonds. The van der Waals surface area contributed by atoms with Crippen LogP contribution in [0, 0.1) is 11.8 Å². The molecule has 1 N–H and O–H groups in total. The molecule has 0 aliphatic carbocycles. The van der Waals surface area contributed by atoms with Gasteiger partial charge in [0.1, 0.15) is 11.6 Å². The third-order valence-electron chi connectivity index (χ3n) is 9.44. The summed E-state index contributed by atoms with van der Waals surface area (Å²) < 4.78 is 6.95. The van der Waals surface area contributed by atoms with Crippen molar-refractivity contribution in [1.29, 1.82) is 0 Å². The molecule has 5 rings (SSSR count). The molecule has 0 saturated carbocycles. The maximum absolute atomic E-state index is 14.6. The molecule has 2 saturated heterocycles. The molecule has 40 heavy (non-hydrogen) atoms. The summed E-state index contributed by atoms with van der Waals surface area (Å²) in [4.78, 5) is 49.9. The average Bonchev–Trinajstić information content (AvgIpc) is 3.27. The first-order valence-electron chi connectivity index (χ1n) is 14.6. The summed E-state index contributed by atoms with van der Waals surface area (Å²) in [6, 6.07) is 6.32. The second-order valence-corrected chi connectivity index (χ2v) is 11.3. The topological polar surface area (TPSA) is 93.6 Å². The van der Waals surface area contributed by atoms with Gasteiger partial charge in [-0.2, -0.15) is 0 Å². The number of fused-ring (bicyclic) bond motifs is 2. The summed E-state index contributed by atoms with van der Waals surface area (Å²) in [5.41, 5.74) is -0.529. The van der Waals surface area contributed by atoms with Crippen LogP contribution < -0.4 is 9.80 Å². The number of carbonyl (C=O) groups excluding carboxylic acids is 3. The van der Waals surface area contributed by atoms with E-state index in [1.165, 1.54) is 4.90 Å². The van der Waals surface area contributed by atoms with E-state index in [9.17, 15) is 19.5 Å². The maximum atomic E-state index is 14.6. The van der Waals surface area contributed by atoms with Crippen LogP contribution in [0.1, 0.15) is 40.5 Å². The quantitative estimate of drug-likeness (QED) is 0.501. The Balaban J connectivity index is 1.63. The normalized spacial score (nSPS) is 32.1. The van der Waals surface area contributed by atoms with Gasteiger partial charge < -0.3 is 29.4 Å². The van der Waals surface area contributed by atoms with Gasteiger partial charge >= 0.3 is 0 Å². The fourth-order valence-corrected chi connectivity index (χ4v) is 7.29. The molecule has 4 heterocycles. The molecule has 216 valence electrons. The van der Waals surface area contributed by atoms with E-state index < -0.39 is 35.1 Å². The standard InChI is InChI=1S/C31H42N4O5/c1-6-21(20-36)35-26-29(39)34(23-14-12-22(13-15-23)33(8-3)9-4)19-11-17-31(26)25(28(35)38)24-27(37)32(5)18-10-16-30(24,7-2)40-31/h10-17,21,24-26,36H,6-9,18-20H2,1-5H3/t21-,24+,25-,26?,30-,31-/m0/s1. The Morgan fingerprint density at radius 3 is 2.23 bits per heavy atom. The fraction of sp³-hybridized carbons (Fsp3) is 0.581. The molecule has 1 unspecified atom stereocenters. The first-order valence-corrected chi connectivity index (χ1v) is 14.6. The van der Waals surface area contributed by atoms with E-state index >= 15 is 0 Å². The number of aliphatic hydroxyl groups is 1. The Kier molecular flexibility index (Phi) is 7.56. The molecule has 2 fully saturated rings. The molecule has 9 heteroatoms. The van der Waals surface area contributed by atoms with Gasteiger partial charge in [0.2, 0.25) is 11.8 Å². The number of hydrogen-bond donors (Lipinski definition) is 1. The zero-order valence-corrected chi connectivity index (χ0v) is 24.2. The molecular formula is C31H42N4O5. The SMILES string of the molecule is CC[C@@H](CO)N1C(=O)[C@@H]2[C@@H]3C(=O)N(C)CC=C[C@]3(CC)O[C@@]23C=CCN(c2ccc(N(CC)CC)cc2)C(=O)C13. The van der Waals surface area contributed by atoms with Gasteiger partial charge in [0.15, 0.2) is 0 Å². The highest BCUT2D eigenvalue weighted by molar-refractivity contribution is 6.06. The number of anilines is 2. The molecule has 0 radical (unpaired) electrons. The number of benzene rings is 1. The zero-order chi connectivity index (χ0) is 28.8. The molecule has 0 bridgehead atoms. The summed E-state index contributed by atoms with van der Waals surface area (Å²) in [5, 5.41) is 10.3. The largest absolute Gasteiger partial charge is 0.394 e. The van der Waals surface area contributed by atoms with E-state index in [0.717, 1.165) is 24.5 Å².